The molecule has 1 aliphatic rings. The number of likely N-dealkylation sites (N-methyl/N-ethyl adjacent to an activating group) is 1. The summed E-state index contributed by atoms with van der Waals surface area (Å²) in [6, 6.07) is 0. The van der Waals surface area contributed by atoms with Gasteiger partial charge in [-0.3, -0.25) is 14.7 Å². The average Bonchev–Trinajstić information content (AvgIpc) is 3.00. The quantitative estimate of drug-likeness (QED) is 0.768. The van der Waals surface area contributed by atoms with Crippen LogP contribution in [0.15, 0.2) is 6.33 Å². The number of hydrogen-bond acceptors (Lipinski definition) is 4. The molecule has 1 aromatic heterocycles. The molecular formula is C10H15N5O2. The summed E-state index contributed by atoms with van der Waals surface area (Å²) in [5, 5.41) is 6.09. The van der Waals surface area contributed by atoms with Crippen LogP contribution < -0.4 is 0 Å². The van der Waals surface area contributed by atoms with E-state index < -0.39 is 0 Å². The van der Waals surface area contributed by atoms with Gasteiger partial charge in [0.15, 0.2) is 0 Å². The maximum absolute atomic E-state index is 11.8. The summed E-state index contributed by atoms with van der Waals surface area (Å²) in [6.07, 6.45) is 3.36. The number of amides is 2. The Morgan fingerprint density at radius 3 is 2.76 bits per heavy atom. The van der Waals surface area contributed by atoms with Gasteiger partial charge < -0.3 is 9.80 Å². The highest BCUT2D eigenvalue weighted by Gasteiger charge is 2.22. The van der Waals surface area contributed by atoms with Crippen molar-refractivity contribution in [2.45, 2.75) is 12.8 Å². The molecule has 1 N–H and O–H groups in total. The fourth-order valence-electron chi connectivity index (χ4n) is 1.83. The average molecular weight is 237 g/mol. The van der Waals surface area contributed by atoms with Gasteiger partial charge in [0.05, 0.1) is 6.54 Å². The lowest BCUT2D eigenvalue weighted by atomic mass is 10.4. The van der Waals surface area contributed by atoms with E-state index in [1.54, 1.807) is 11.9 Å². The van der Waals surface area contributed by atoms with Crippen molar-refractivity contribution in [3.05, 3.63) is 12.2 Å². The van der Waals surface area contributed by atoms with Crippen molar-refractivity contribution in [3.8, 4) is 0 Å². The zero-order valence-corrected chi connectivity index (χ0v) is 9.72. The highest BCUT2D eigenvalue weighted by Crippen LogP contribution is 2.08. The molecule has 2 heterocycles. The minimum absolute atomic E-state index is 0.0159. The summed E-state index contributed by atoms with van der Waals surface area (Å²) in [6.45, 7) is 1.67. The third-order valence-electron chi connectivity index (χ3n) is 2.80. The molecule has 0 bridgehead atoms. The Bertz CT molecular complexity index is 397. The lowest BCUT2D eigenvalue weighted by Crippen LogP contribution is -2.40. The number of nitrogens with zero attached hydrogens (tertiary/aromatic N) is 4. The fourth-order valence-corrected chi connectivity index (χ4v) is 1.83. The van der Waals surface area contributed by atoms with Gasteiger partial charge in [-0.2, -0.15) is 5.10 Å². The molecule has 2 rings (SSSR count). The minimum atomic E-state index is -0.324. The van der Waals surface area contributed by atoms with Gasteiger partial charge in [0.25, 0.3) is 5.91 Å². The van der Waals surface area contributed by atoms with Gasteiger partial charge in [0, 0.05) is 20.1 Å². The van der Waals surface area contributed by atoms with E-state index in [9.17, 15) is 9.59 Å². The Morgan fingerprint density at radius 2 is 2.18 bits per heavy atom. The number of H-pyrrole nitrogens is 1. The standard InChI is InChI=1S/C10H15N5O2/c1-14(10(17)9-11-7-12-13-9)6-8(16)15-4-2-3-5-15/h7H,2-6H2,1H3,(H,11,12,13). The zero-order valence-electron chi connectivity index (χ0n) is 9.72. The second-order valence-corrected chi connectivity index (χ2v) is 4.08. The number of rotatable bonds is 3. The number of nitrogens with one attached hydrogen (secondary N) is 1. The van der Waals surface area contributed by atoms with Crippen molar-refractivity contribution in [2.75, 3.05) is 26.7 Å². The number of hydrogen-bond donors (Lipinski definition) is 1. The predicted molar refractivity (Wildman–Crippen MR) is 59.2 cm³/mol. The highest BCUT2D eigenvalue weighted by molar-refractivity contribution is 5.93. The third-order valence-corrected chi connectivity index (χ3v) is 2.80. The van der Waals surface area contributed by atoms with E-state index in [-0.39, 0.29) is 24.2 Å². The number of aromatic nitrogens is 3. The summed E-state index contributed by atoms with van der Waals surface area (Å²) in [7, 11) is 1.58. The second kappa shape index (κ2) is 4.94. The normalized spacial score (nSPS) is 15.0. The van der Waals surface area contributed by atoms with E-state index in [4.69, 9.17) is 0 Å². The zero-order chi connectivity index (χ0) is 12.3. The first-order valence-corrected chi connectivity index (χ1v) is 5.57. The molecule has 1 aromatic rings. The summed E-state index contributed by atoms with van der Waals surface area (Å²) in [5.41, 5.74) is 0. The summed E-state index contributed by atoms with van der Waals surface area (Å²) < 4.78 is 0. The Labute approximate surface area is 98.8 Å². The number of carbonyl (C=O) groups is 2. The van der Waals surface area contributed by atoms with Gasteiger partial charge in [0.1, 0.15) is 6.33 Å². The molecule has 2 amide bonds. The molecule has 0 unspecified atom stereocenters. The molecule has 7 nitrogen and oxygen atoms in total. The van der Waals surface area contributed by atoms with Crippen LogP contribution in [0.2, 0.25) is 0 Å². The third kappa shape index (κ3) is 2.61. The van der Waals surface area contributed by atoms with Gasteiger partial charge >= 0.3 is 0 Å². The fraction of sp³-hybridized carbons (Fsp3) is 0.600. The molecule has 0 spiro atoms. The van der Waals surface area contributed by atoms with Gasteiger partial charge in [0.2, 0.25) is 11.7 Å². The van der Waals surface area contributed by atoms with Gasteiger partial charge in [-0.05, 0) is 12.8 Å². The molecule has 0 atom stereocenters. The van der Waals surface area contributed by atoms with Crippen LogP contribution in [0.25, 0.3) is 0 Å². The Morgan fingerprint density at radius 1 is 1.47 bits per heavy atom. The first-order valence-electron chi connectivity index (χ1n) is 5.57. The summed E-state index contributed by atoms with van der Waals surface area (Å²) >= 11 is 0. The largest absolute Gasteiger partial charge is 0.341 e. The van der Waals surface area contributed by atoms with Crippen LogP contribution >= 0.6 is 0 Å². The van der Waals surface area contributed by atoms with Crippen molar-refractivity contribution >= 4 is 11.8 Å². The summed E-state index contributed by atoms with van der Waals surface area (Å²) in [4.78, 5) is 30.5. The van der Waals surface area contributed by atoms with E-state index in [0.29, 0.717) is 0 Å². The lowest BCUT2D eigenvalue weighted by molar-refractivity contribution is -0.130. The molecule has 7 heteroatoms. The predicted octanol–water partition coefficient (Wildman–Crippen LogP) is -0.501. The molecule has 1 aliphatic heterocycles. The molecule has 17 heavy (non-hydrogen) atoms. The second-order valence-electron chi connectivity index (χ2n) is 4.08. The maximum Gasteiger partial charge on any atom is 0.291 e. The van der Waals surface area contributed by atoms with E-state index in [2.05, 4.69) is 15.2 Å². The van der Waals surface area contributed by atoms with Crippen molar-refractivity contribution in [2.24, 2.45) is 0 Å². The first kappa shape index (κ1) is 11.6. The van der Waals surface area contributed by atoms with Crippen molar-refractivity contribution in [3.63, 3.8) is 0 Å². The molecule has 1 fully saturated rings. The van der Waals surface area contributed by atoms with Crippen LogP contribution in [0.1, 0.15) is 23.5 Å². The molecule has 0 aromatic carbocycles. The number of likely N-dealkylation sites (tertiary alicyclic amines) is 1. The van der Waals surface area contributed by atoms with Crippen LogP contribution in [-0.2, 0) is 4.79 Å². The SMILES string of the molecule is CN(CC(=O)N1CCCC1)C(=O)c1ncn[nH]1. The van der Waals surface area contributed by atoms with E-state index in [0.717, 1.165) is 25.9 Å². The lowest BCUT2D eigenvalue weighted by Gasteiger charge is -2.20. The molecule has 1 saturated heterocycles. The molecular weight excluding hydrogens is 222 g/mol. The smallest absolute Gasteiger partial charge is 0.291 e. The van der Waals surface area contributed by atoms with Crippen LogP contribution in [0.4, 0.5) is 0 Å². The molecule has 0 saturated carbocycles. The Kier molecular flexibility index (Phi) is 3.36. The summed E-state index contributed by atoms with van der Waals surface area (Å²) in [5.74, 6) is -0.186. The van der Waals surface area contributed by atoms with Crippen molar-refractivity contribution < 1.29 is 9.59 Å². The Balaban J connectivity index is 1.90. The highest BCUT2D eigenvalue weighted by atomic mass is 16.2. The monoisotopic (exact) mass is 237 g/mol. The topological polar surface area (TPSA) is 82.2 Å². The van der Waals surface area contributed by atoms with Crippen LogP contribution in [0.5, 0.6) is 0 Å². The van der Waals surface area contributed by atoms with Crippen LogP contribution in [0, 0.1) is 0 Å². The maximum atomic E-state index is 11.8. The number of carbonyl (C=O) groups excluding carboxylic acids is 2. The van der Waals surface area contributed by atoms with E-state index in [1.165, 1.54) is 11.2 Å². The molecule has 0 aliphatic carbocycles. The van der Waals surface area contributed by atoms with Gasteiger partial charge in [-0.25, -0.2) is 4.98 Å². The van der Waals surface area contributed by atoms with Gasteiger partial charge in [-0.1, -0.05) is 0 Å². The molecule has 0 radical (unpaired) electrons. The van der Waals surface area contributed by atoms with E-state index >= 15 is 0 Å². The van der Waals surface area contributed by atoms with Crippen molar-refractivity contribution in [1.82, 2.24) is 25.0 Å². The van der Waals surface area contributed by atoms with Crippen LogP contribution in [0.3, 0.4) is 0 Å². The number of aromatic amines is 1. The van der Waals surface area contributed by atoms with Gasteiger partial charge in [-0.15, -0.1) is 0 Å². The molecule has 92 valence electrons. The van der Waals surface area contributed by atoms with Crippen molar-refractivity contribution in [1.29, 1.82) is 0 Å². The van der Waals surface area contributed by atoms with E-state index in [1.807, 2.05) is 0 Å². The minimum Gasteiger partial charge on any atom is -0.341 e. The Hall–Kier alpha value is -1.92. The first-order chi connectivity index (χ1) is 8.18. The van der Waals surface area contributed by atoms with Crippen LogP contribution in [-0.4, -0.2) is 63.5 Å².